The van der Waals surface area contributed by atoms with Crippen molar-refractivity contribution in [2.45, 2.75) is 69.6 Å². The van der Waals surface area contributed by atoms with Crippen molar-refractivity contribution in [3.63, 3.8) is 0 Å². The maximum Gasteiger partial charge on any atom is 0.320 e. The maximum atomic E-state index is 10.5. The van der Waals surface area contributed by atoms with E-state index in [9.17, 15) is 4.79 Å². The molecule has 0 fully saturated rings. The summed E-state index contributed by atoms with van der Waals surface area (Å²) in [6.07, 6.45) is 8.47. The van der Waals surface area contributed by atoms with Crippen molar-refractivity contribution in [3.05, 3.63) is 0 Å². The Kier molecular flexibility index (Phi) is 9.83. The van der Waals surface area contributed by atoms with Crippen molar-refractivity contribution in [2.24, 2.45) is 5.73 Å². The van der Waals surface area contributed by atoms with Crippen LogP contribution in [0.15, 0.2) is 0 Å². The quantitative estimate of drug-likeness (QED) is 0.411. The molecule has 0 aromatic heterocycles. The van der Waals surface area contributed by atoms with Crippen molar-refractivity contribution < 1.29 is 9.90 Å². The molecule has 2 atom stereocenters. The Bertz CT molecular complexity index is 188. The zero-order valence-electron chi connectivity index (χ0n) is 10.2. The molecule has 3 N–H and O–H groups in total. The first-order valence-electron chi connectivity index (χ1n) is 6.24. The van der Waals surface area contributed by atoms with E-state index in [0.717, 1.165) is 25.7 Å². The van der Waals surface area contributed by atoms with Crippen LogP contribution in [0, 0.1) is 0 Å². The molecule has 0 aromatic carbocycles. The number of nitrogens with two attached hydrogens (primary N) is 1. The number of carboxylic acid groups (broad SMARTS) is 1. The van der Waals surface area contributed by atoms with E-state index < -0.39 is 12.0 Å². The lowest BCUT2D eigenvalue weighted by Gasteiger charge is -2.10. The van der Waals surface area contributed by atoms with E-state index >= 15 is 0 Å². The van der Waals surface area contributed by atoms with Crippen LogP contribution in [-0.2, 0) is 4.79 Å². The lowest BCUT2D eigenvalue weighted by molar-refractivity contribution is -0.138. The van der Waals surface area contributed by atoms with Gasteiger partial charge in [-0.2, -0.15) is 12.6 Å². The molecule has 0 spiro atoms. The third-order valence-electron chi connectivity index (χ3n) is 2.76. The summed E-state index contributed by atoms with van der Waals surface area (Å²) in [6.45, 7) is 2.19. The number of hydrogen-bond donors (Lipinski definition) is 3. The molecule has 3 nitrogen and oxygen atoms in total. The number of thiol groups is 1. The van der Waals surface area contributed by atoms with Crippen LogP contribution >= 0.6 is 12.6 Å². The van der Waals surface area contributed by atoms with Crippen LogP contribution in [0.4, 0.5) is 0 Å². The summed E-state index contributed by atoms with van der Waals surface area (Å²) < 4.78 is 0. The first-order chi connectivity index (χ1) is 7.57. The van der Waals surface area contributed by atoms with Gasteiger partial charge in [-0.1, -0.05) is 39.0 Å². The minimum atomic E-state index is -0.894. The van der Waals surface area contributed by atoms with Gasteiger partial charge in [0.15, 0.2) is 0 Å². The molecule has 4 heteroatoms. The van der Waals surface area contributed by atoms with Gasteiger partial charge < -0.3 is 10.8 Å². The van der Waals surface area contributed by atoms with Gasteiger partial charge in [-0.05, 0) is 19.3 Å². The number of aliphatic carboxylic acids is 1. The highest BCUT2D eigenvalue weighted by Crippen LogP contribution is 2.15. The Labute approximate surface area is 104 Å². The van der Waals surface area contributed by atoms with E-state index in [1.807, 2.05) is 0 Å². The molecule has 96 valence electrons. The van der Waals surface area contributed by atoms with E-state index in [0.29, 0.717) is 11.7 Å². The van der Waals surface area contributed by atoms with Gasteiger partial charge in [-0.3, -0.25) is 4.79 Å². The number of rotatable bonds is 10. The monoisotopic (exact) mass is 247 g/mol. The number of unbranched alkanes of at least 4 members (excludes halogenated alkanes) is 3. The Morgan fingerprint density at radius 2 is 1.75 bits per heavy atom. The summed E-state index contributed by atoms with van der Waals surface area (Å²) in [5.41, 5.74) is 5.41. The Morgan fingerprint density at radius 1 is 1.19 bits per heavy atom. The summed E-state index contributed by atoms with van der Waals surface area (Å²) in [7, 11) is 0. The molecule has 0 aliphatic heterocycles. The second-order valence-corrected chi connectivity index (χ2v) is 5.11. The van der Waals surface area contributed by atoms with Crippen LogP contribution < -0.4 is 5.73 Å². The molecule has 0 saturated heterocycles. The van der Waals surface area contributed by atoms with Gasteiger partial charge in [0.25, 0.3) is 0 Å². The van der Waals surface area contributed by atoms with E-state index in [-0.39, 0.29) is 0 Å². The zero-order valence-corrected chi connectivity index (χ0v) is 11.1. The molecule has 16 heavy (non-hydrogen) atoms. The fourth-order valence-corrected chi connectivity index (χ4v) is 1.99. The zero-order chi connectivity index (χ0) is 12.4. The van der Waals surface area contributed by atoms with Gasteiger partial charge in [0.1, 0.15) is 6.04 Å². The standard InChI is InChI=1S/C12H25NO2S/c1-2-3-7-10(16)8-5-4-6-9-11(13)12(14)15/h10-11,16H,2-9,13H2,1H3,(H,14,15). The topological polar surface area (TPSA) is 63.3 Å². The second kappa shape index (κ2) is 9.97. The first-order valence-corrected chi connectivity index (χ1v) is 6.76. The van der Waals surface area contributed by atoms with Crippen molar-refractivity contribution >= 4 is 18.6 Å². The lowest BCUT2D eigenvalue weighted by atomic mass is 10.0. The van der Waals surface area contributed by atoms with E-state index in [1.54, 1.807) is 0 Å². The summed E-state index contributed by atoms with van der Waals surface area (Å²) in [5.74, 6) is -0.894. The molecule has 0 aliphatic carbocycles. The molecule has 0 heterocycles. The van der Waals surface area contributed by atoms with Crippen LogP contribution in [0.3, 0.4) is 0 Å². The molecule has 0 rings (SSSR count). The molecule has 0 aromatic rings. The predicted molar refractivity (Wildman–Crippen MR) is 71.0 cm³/mol. The summed E-state index contributed by atoms with van der Waals surface area (Å²) in [5, 5.41) is 9.09. The van der Waals surface area contributed by atoms with Crippen LogP contribution in [0.2, 0.25) is 0 Å². The molecule has 0 aliphatic rings. The Balaban J connectivity index is 3.29. The van der Waals surface area contributed by atoms with Crippen LogP contribution in [0.5, 0.6) is 0 Å². The molecule has 2 unspecified atom stereocenters. The highest BCUT2D eigenvalue weighted by Gasteiger charge is 2.10. The van der Waals surface area contributed by atoms with Crippen LogP contribution in [0.1, 0.15) is 58.3 Å². The Hall–Kier alpha value is -0.220. The average molecular weight is 247 g/mol. The minimum Gasteiger partial charge on any atom is -0.480 e. The average Bonchev–Trinajstić information content (AvgIpc) is 2.25. The second-order valence-electron chi connectivity index (χ2n) is 4.38. The Morgan fingerprint density at radius 3 is 2.31 bits per heavy atom. The van der Waals surface area contributed by atoms with E-state index in [1.165, 1.54) is 19.3 Å². The molecule has 0 radical (unpaired) electrons. The number of carbonyl (C=O) groups is 1. The van der Waals surface area contributed by atoms with Crippen molar-refractivity contribution in [1.82, 2.24) is 0 Å². The number of hydrogen-bond acceptors (Lipinski definition) is 3. The molecule has 0 amide bonds. The SMILES string of the molecule is CCCCC(S)CCCCCC(N)C(=O)O. The molecule has 0 bridgehead atoms. The molecular weight excluding hydrogens is 222 g/mol. The summed E-state index contributed by atoms with van der Waals surface area (Å²) >= 11 is 4.52. The third-order valence-corrected chi connectivity index (χ3v) is 3.28. The van der Waals surface area contributed by atoms with Crippen LogP contribution in [0.25, 0.3) is 0 Å². The largest absolute Gasteiger partial charge is 0.480 e. The highest BCUT2D eigenvalue weighted by molar-refractivity contribution is 7.80. The van der Waals surface area contributed by atoms with Gasteiger partial charge in [-0.15, -0.1) is 0 Å². The lowest BCUT2D eigenvalue weighted by Crippen LogP contribution is -2.29. The van der Waals surface area contributed by atoms with Gasteiger partial charge in [0.05, 0.1) is 0 Å². The summed E-state index contributed by atoms with van der Waals surface area (Å²) in [6, 6.07) is -0.688. The molecular formula is C12H25NO2S. The van der Waals surface area contributed by atoms with Gasteiger partial charge >= 0.3 is 5.97 Å². The fourth-order valence-electron chi connectivity index (χ4n) is 1.63. The predicted octanol–water partition coefficient (Wildman–Crippen LogP) is 2.84. The highest BCUT2D eigenvalue weighted by atomic mass is 32.1. The number of carboxylic acids is 1. The van der Waals surface area contributed by atoms with Gasteiger partial charge in [0, 0.05) is 5.25 Å². The normalized spacial score (nSPS) is 14.7. The minimum absolute atomic E-state index is 0.507. The summed E-state index contributed by atoms with van der Waals surface area (Å²) in [4.78, 5) is 10.5. The van der Waals surface area contributed by atoms with E-state index in [4.69, 9.17) is 10.8 Å². The van der Waals surface area contributed by atoms with Crippen molar-refractivity contribution in [1.29, 1.82) is 0 Å². The van der Waals surface area contributed by atoms with Gasteiger partial charge in [0.2, 0.25) is 0 Å². The van der Waals surface area contributed by atoms with Crippen molar-refractivity contribution in [3.8, 4) is 0 Å². The van der Waals surface area contributed by atoms with Gasteiger partial charge in [-0.25, -0.2) is 0 Å². The molecule has 0 saturated carbocycles. The first kappa shape index (κ1) is 15.8. The van der Waals surface area contributed by atoms with Crippen molar-refractivity contribution in [2.75, 3.05) is 0 Å². The maximum absolute atomic E-state index is 10.5. The third kappa shape index (κ3) is 9.04. The van der Waals surface area contributed by atoms with E-state index in [2.05, 4.69) is 19.6 Å². The van der Waals surface area contributed by atoms with Crippen LogP contribution in [-0.4, -0.2) is 22.4 Å². The smallest absolute Gasteiger partial charge is 0.320 e. The fraction of sp³-hybridized carbons (Fsp3) is 0.917.